The molecule has 0 bridgehead atoms. The number of carbonyl (C=O) groups is 2. The van der Waals surface area contributed by atoms with E-state index in [1.165, 1.54) is 0 Å². The zero-order valence-corrected chi connectivity index (χ0v) is 14.8. The molecule has 152 valence electrons. The number of alkyl halides is 6. The molecular formula is C21H14F6O2. The van der Waals surface area contributed by atoms with Gasteiger partial charge in [-0.15, -0.1) is 0 Å². The summed E-state index contributed by atoms with van der Waals surface area (Å²) >= 11 is 0. The molecule has 0 aliphatic heterocycles. The van der Waals surface area contributed by atoms with E-state index in [1.807, 2.05) is 0 Å². The maximum absolute atomic E-state index is 12.8. The van der Waals surface area contributed by atoms with Crippen molar-refractivity contribution in [1.82, 2.24) is 0 Å². The molecule has 2 rings (SSSR count). The van der Waals surface area contributed by atoms with Gasteiger partial charge in [-0.05, 0) is 53.1 Å². The van der Waals surface area contributed by atoms with Gasteiger partial charge in [0.25, 0.3) is 0 Å². The molecule has 0 N–H and O–H groups in total. The van der Waals surface area contributed by atoms with Gasteiger partial charge in [0, 0.05) is 0 Å². The van der Waals surface area contributed by atoms with Crippen molar-refractivity contribution in [3.63, 3.8) is 0 Å². The molecule has 0 fully saturated rings. The summed E-state index contributed by atoms with van der Waals surface area (Å²) < 4.78 is 76.6. The highest BCUT2D eigenvalue weighted by Crippen LogP contribution is 2.33. The Morgan fingerprint density at radius 1 is 0.724 bits per heavy atom. The average molecular weight is 412 g/mol. The van der Waals surface area contributed by atoms with E-state index >= 15 is 0 Å². The van der Waals surface area contributed by atoms with Crippen molar-refractivity contribution in [2.75, 3.05) is 0 Å². The molecule has 0 spiro atoms. The van der Waals surface area contributed by atoms with Gasteiger partial charge in [0.15, 0.2) is 11.6 Å². The van der Waals surface area contributed by atoms with E-state index in [4.69, 9.17) is 0 Å². The molecular weight excluding hydrogens is 398 g/mol. The third kappa shape index (κ3) is 5.91. The van der Waals surface area contributed by atoms with Crippen LogP contribution in [0.4, 0.5) is 26.3 Å². The number of hydrogen-bond donors (Lipinski definition) is 0. The molecule has 0 heterocycles. The smallest absolute Gasteiger partial charge is 0.294 e. The van der Waals surface area contributed by atoms with Gasteiger partial charge in [-0.3, -0.25) is 9.59 Å². The van der Waals surface area contributed by atoms with Crippen LogP contribution in [0.25, 0.3) is 5.57 Å². The lowest BCUT2D eigenvalue weighted by molar-refractivity contribution is -0.138. The van der Waals surface area contributed by atoms with Crippen molar-refractivity contribution in [2.45, 2.75) is 18.8 Å². The molecule has 0 radical (unpaired) electrons. The molecule has 0 atom stereocenters. The first-order valence-electron chi connectivity index (χ1n) is 8.17. The molecule has 0 aliphatic rings. The van der Waals surface area contributed by atoms with E-state index in [-0.39, 0.29) is 16.7 Å². The number of rotatable bonds is 6. The number of ketones is 2. The van der Waals surface area contributed by atoms with Crippen LogP contribution in [0.1, 0.15) is 28.7 Å². The van der Waals surface area contributed by atoms with Crippen LogP contribution in [0.2, 0.25) is 0 Å². The van der Waals surface area contributed by atoms with Crippen LogP contribution in [-0.2, 0) is 21.9 Å². The minimum Gasteiger partial charge on any atom is -0.294 e. The molecule has 8 heteroatoms. The van der Waals surface area contributed by atoms with Gasteiger partial charge in [0.1, 0.15) is 0 Å². The second-order valence-corrected chi connectivity index (χ2v) is 6.02. The second kappa shape index (κ2) is 8.46. The van der Waals surface area contributed by atoms with Gasteiger partial charge < -0.3 is 0 Å². The Labute approximate surface area is 162 Å². The minimum atomic E-state index is -4.57. The Hall–Kier alpha value is -3.16. The van der Waals surface area contributed by atoms with Crippen molar-refractivity contribution < 1.29 is 35.9 Å². The first-order chi connectivity index (χ1) is 13.4. The maximum atomic E-state index is 12.8. The van der Waals surface area contributed by atoms with Crippen LogP contribution in [-0.4, -0.2) is 11.6 Å². The van der Waals surface area contributed by atoms with Gasteiger partial charge in [-0.25, -0.2) is 0 Å². The monoisotopic (exact) mass is 412 g/mol. The molecule has 29 heavy (non-hydrogen) atoms. The van der Waals surface area contributed by atoms with E-state index in [2.05, 4.69) is 6.58 Å². The summed E-state index contributed by atoms with van der Waals surface area (Å²) in [6, 6.07) is 7.62. The molecule has 0 amide bonds. The van der Waals surface area contributed by atoms with Gasteiger partial charge in [-0.1, -0.05) is 30.8 Å². The van der Waals surface area contributed by atoms with Crippen LogP contribution in [0.5, 0.6) is 0 Å². The molecule has 0 aliphatic carbocycles. The molecule has 0 aromatic heterocycles. The van der Waals surface area contributed by atoms with Crippen molar-refractivity contribution in [1.29, 1.82) is 0 Å². The standard InChI is InChI=1S/C21H14F6O2/c1-2-17(28)11-18(29)12-19(13-3-7-15(8-4-13)20(22,23)24)14-5-9-16(10-6-14)21(25,26)27/h2-10,12H,1,11H2. The summed E-state index contributed by atoms with van der Waals surface area (Å²) in [5.41, 5.74) is -1.38. The normalized spacial score (nSPS) is 11.7. The van der Waals surface area contributed by atoms with Gasteiger partial charge in [0.2, 0.25) is 0 Å². The van der Waals surface area contributed by atoms with Crippen LogP contribution < -0.4 is 0 Å². The third-order valence-corrected chi connectivity index (χ3v) is 3.93. The van der Waals surface area contributed by atoms with Crippen molar-refractivity contribution in [3.8, 4) is 0 Å². The molecule has 0 unspecified atom stereocenters. The highest BCUT2D eigenvalue weighted by atomic mass is 19.4. The summed E-state index contributed by atoms with van der Waals surface area (Å²) in [4.78, 5) is 23.5. The number of carbonyl (C=O) groups excluding carboxylic acids is 2. The summed E-state index contributed by atoms with van der Waals surface area (Å²) in [7, 11) is 0. The fraction of sp³-hybridized carbons (Fsp3) is 0.143. The van der Waals surface area contributed by atoms with Crippen molar-refractivity contribution in [3.05, 3.63) is 89.5 Å². The lowest BCUT2D eigenvalue weighted by Crippen LogP contribution is -2.06. The first-order valence-corrected chi connectivity index (χ1v) is 8.17. The van der Waals surface area contributed by atoms with Crippen molar-refractivity contribution in [2.24, 2.45) is 0 Å². The summed E-state index contributed by atoms with van der Waals surface area (Å²) in [6.45, 7) is 3.24. The van der Waals surface area contributed by atoms with Crippen molar-refractivity contribution >= 4 is 17.1 Å². The molecule has 0 saturated heterocycles. The zero-order chi connectivity index (χ0) is 21.8. The number of hydrogen-bond acceptors (Lipinski definition) is 2. The lowest BCUT2D eigenvalue weighted by Gasteiger charge is -2.12. The lowest BCUT2D eigenvalue weighted by atomic mass is 9.94. The Morgan fingerprint density at radius 3 is 1.41 bits per heavy atom. The Balaban J connectivity index is 2.50. The van der Waals surface area contributed by atoms with Crippen LogP contribution in [0, 0.1) is 0 Å². The first kappa shape index (κ1) is 22.1. The van der Waals surface area contributed by atoms with Crippen LogP contribution in [0.3, 0.4) is 0 Å². The van der Waals surface area contributed by atoms with E-state index in [0.29, 0.717) is 0 Å². The number of allylic oxidation sites excluding steroid dienone is 2. The topological polar surface area (TPSA) is 34.1 Å². The minimum absolute atomic E-state index is 0.0920. The Kier molecular flexibility index (Phi) is 6.46. The van der Waals surface area contributed by atoms with Crippen LogP contribution in [0.15, 0.2) is 67.3 Å². The van der Waals surface area contributed by atoms with Gasteiger partial charge in [-0.2, -0.15) is 26.3 Å². The average Bonchev–Trinajstić information content (AvgIpc) is 2.65. The summed E-state index contributed by atoms with van der Waals surface area (Å²) in [5, 5.41) is 0. The van der Waals surface area contributed by atoms with E-state index in [1.54, 1.807) is 0 Å². The van der Waals surface area contributed by atoms with Crippen LogP contribution >= 0.6 is 0 Å². The summed E-state index contributed by atoms with van der Waals surface area (Å²) in [5.74, 6) is -1.23. The molecule has 2 nitrogen and oxygen atoms in total. The Morgan fingerprint density at radius 2 is 1.10 bits per heavy atom. The zero-order valence-electron chi connectivity index (χ0n) is 14.8. The highest BCUT2D eigenvalue weighted by molar-refractivity contribution is 6.11. The van der Waals surface area contributed by atoms with E-state index in [0.717, 1.165) is 60.7 Å². The quantitative estimate of drug-likeness (QED) is 0.338. The largest absolute Gasteiger partial charge is 0.416 e. The van der Waals surface area contributed by atoms with E-state index in [9.17, 15) is 35.9 Å². The Bertz CT molecular complexity index is 874. The second-order valence-electron chi connectivity index (χ2n) is 6.02. The highest BCUT2D eigenvalue weighted by Gasteiger charge is 2.31. The van der Waals surface area contributed by atoms with E-state index < -0.39 is 41.5 Å². The van der Waals surface area contributed by atoms with Gasteiger partial charge in [0.05, 0.1) is 17.5 Å². The fourth-order valence-corrected chi connectivity index (χ4v) is 2.47. The SMILES string of the molecule is C=CC(=O)CC(=O)C=C(c1ccc(C(F)(F)F)cc1)c1ccc(C(F)(F)F)cc1. The predicted molar refractivity (Wildman–Crippen MR) is 94.8 cm³/mol. The molecule has 2 aromatic rings. The number of halogens is 6. The third-order valence-electron chi connectivity index (χ3n) is 3.93. The number of benzene rings is 2. The molecule has 0 saturated carbocycles. The maximum Gasteiger partial charge on any atom is 0.416 e. The fourth-order valence-electron chi connectivity index (χ4n) is 2.47. The summed E-state index contributed by atoms with van der Waals surface area (Å²) in [6.07, 6.45) is -7.69. The molecule has 2 aromatic carbocycles. The van der Waals surface area contributed by atoms with Gasteiger partial charge >= 0.3 is 12.4 Å². The predicted octanol–water partition coefficient (Wildman–Crippen LogP) is 5.87.